The van der Waals surface area contributed by atoms with Crippen LogP contribution in [0.4, 0.5) is 0 Å². The second-order valence-corrected chi connectivity index (χ2v) is 6.91. The molecule has 0 spiro atoms. The number of hydrogen-bond acceptors (Lipinski definition) is 1. The molecule has 2 fully saturated rings. The first-order chi connectivity index (χ1) is 7.88. The zero-order valence-corrected chi connectivity index (χ0v) is 11.3. The minimum atomic E-state index is 0.122. The Kier molecular flexibility index (Phi) is 2.10. The number of amides is 1. The van der Waals surface area contributed by atoms with Gasteiger partial charge < -0.3 is 5.32 Å². The van der Waals surface area contributed by atoms with Crippen LogP contribution in [0.3, 0.4) is 0 Å². The van der Waals surface area contributed by atoms with E-state index in [4.69, 9.17) is 0 Å². The normalized spacial score (nSPS) is 52.8. The van der Waals surface area contributed by atoms with Crippen molar-refractivity contribution in [3.8, 4) is 0 Å². The van der Waals surface area contributed by atoms with Crippen molar-refractivity contribution >= 4 is 5.91 Å². The molecular weight excluding hydrogens is 210 g/mol. The molecule has 94 valence electrons. The first kappa shape index (κ1) is 11.3. The summed E-state index contributed by atoms with van der Waals surface area (Å²) in [5.41, 5.74) is 2.12. The highest BCUT2D eigenvalue weighted by molar-refractivity contribution is 5.92. The molecule has 1 N–H and O–H groups in total. The van der Waals surface area contributed by atoms with Crippen LogP contribution < -0.4 is 5.32 Å². The third-order valence-corrected chi connectivity index (χ3v) is 6.59. The molecule has 0 unspecified atom stereocenters. The van der Waals surface area contributed by atoms with Gasteiger partial charge in [0.2, 0.25) is 5.91 Å². The standard InChI is InChI=1S/C15H23NO/c1-9-5-6-14(3)10(2)11-7-13(17)16-12(11)8-15(9,14)4/h7,9-10,12H,5-6,8H2,1-4H3,(H,16,17)/t9-,10-,12-,14+,15+/m1/s1. The molecule has 0 aromatic carbocycles. The number of rotatable bonds is 0. The van der Waals surface area contributed by atoms with Crippen molar-refractivity contribution in [3.63, 3.8) is 0 Å². The predicted octanol–water partition coefficient (Wildman–Crippen LogP) is 2.89. The minimum absolute atomic E-state index is 0.122. The summed E-state index contributed by atoms with van der Waals surface area (Å²) in [4.78, 5) is 11.6. The van der Waals surface area contributed by atoms with Crippen LogP contribution in [0.15, 0.2) is 11.6 Å². The quantitative estimate of drug-likeness (QED) is 0.685. The largest absolute Gasteiger partial charge is 0.346 e. The van der Waals surface area contributed by atoms with Gasteiger partial charge >= 0.3 is 0 Å². The molecule has 2 heteroatoms. The summed E-state index contributed by atoms with van der Waals surface area (Å²) in [7, 11) is 0. The van der Waals surface area contributed by atoms with Crippen molar-refractivity contribution in [2.24, 2.45) is 22.7 Å². The molecule has 3 rings (SSSR count). The summed E-state index contributed by atoms with van der Waals surface area (Å²) < 4.78 is 0. The lowest BCUT2D eigenvalue weighted by molar-refractivity contribution is -0.116. The molecule has 5 atom stereocenters. The highest BCUT2D eigenvalue weighted by atomic mass is 16.1. The van der Waals surface area contributed by atoms with E-state index in [0.29, 0.717) is 22.8 Å². The van der Waals surface area contributed by atoms with Crippen LogP contribution in [0.5, 0.6) is 0 Å². The average molecular weight is 233 g/mol. The second kappa shape index (κ2) is 3.15. The third kappa shape index (κ3) is 1.19. The number of carbonyl (C=O) groups excluding carboxylic acids is 1. The SMILES string of the molecule is C[C@@H]1CC[C@@]2(C)[C@H](C)C3=CC(=O)N[C@@H]3C[C@@]12C. The van der Waals surface area contributed by atoms with Gasteiger partial charge in [0, 0.05) is 6.08 Å². The van der Waals surface area contributed by atoms with Crippen molar-refractivity contribution < 1.29 is 4.79 Å². The average Bonchev–Trinajstić information content (AvgIpc) is 2.72. The Morgan fingerprint density at radius 3 is 2.71 bits per heavy atom. The first-order valence-corrected chi connectivity index (χ1v) is 6.90. The fourth-order valence-corrected chi connectivity index (χ4v) is 4.77. The van der Waals surface area contributed by atoms with Gasteiger partial charge in [0.1, 0.15) is 0 Å². The molecule has 0 bridgehead atoms. The molecule has 1 heterocycles. The predicted molar refractivity (Wildman–Crippen MR) is 68.4 cm³/mol. The maximum absolute atomic E-state index is 11.6. The van der Waals surface area contributed by atoms with Gasteiger partial charge in [-0.1, -0.05) is 27.7 Å². The lowest BCUT2D eigenvalue weighted by Gasteiger charge is -2.54. The number of carbonyl (C=O) groups is 1. The number of nitrogens with one attached hydrogen (secondary N) is 1. The molecule has 2 aliphatic carbocycles. The summed E-state index contributed by atoms with van der Waals surface area (Å²) in [5, 5.41) is 3.13. The van der Waals surface area contributed by atoms with E-state index < -0.39 is 0 Å². The highest BCUT2D eigenvalue weighted by Crippen LogP contribution is 2.66. The van der Waals surface area contributed by atoms with Crippen LogP contribution in [0.2, 0.25) is 0 Å². The van der Waals surface area contributed by atoms with Gasteiger partial charge in [-0.15, -0.1) is 0 Å². The van der Waals surface area contributed by atoms with E-state index in [0.717, 1.165) is 12.3 Å². The molecule has 17 heavy (non-hydrogen) atoms. The molecule has 1 aliphatic heterocycles. The molecule has 0 aromatic heterocycles. The first-order valence-electron chi connectivity index (χ1n) is 6.90. The lowest BCUT2D eigenvalue weighted by atomic mass is 9.51. The van der Waals surface area contributed by atoms with Gasteiger partial charge in [-0.25, -0.2) is 0 Å². The highest BCUT2D eigenvalue weighted by Gasteiger charge is 2.60. The van der Waals surface area contributed by atoms with E-state index in [9.17, 15) is 4.79 Å². The fraction of sp³-hybridized carbons (Fsp3) is 0.800. The van der Waals surface area contributed by atoms with Crippen molar-refractivity contribution in [2.45, 2.75) is 53.0 Å². The van der Waals surface area contributed by atoms with Crippen molar-refractivity contribution in [2.75, 3.05) is 0 Å². The molecule has 2 saturated carbocycles. The Morgan fingerprint density at radius 1 is 1.29 bits per heavy atom. The molecule has 0 radical (unpaired) electrons. The summed E-state index contributed by atoms with van der Waals surface area (Å²) >= 11 is 0. The van der Waals surface area contributed by atoms with Gasteiger partial charge in [-0.05, 0) is 47.5 Å². The van der Waals surface area contributed by atoms with E-state index in [1.807, 2.05) is 6.08 Å². The van der Waals surface area contributed by atoms with E-state index >= 15 is 0 Å². The van der Waals surface area contributed by atoms with Crippen LogP contribution in [0.1, 0.15) is 47.0 Å². The maximum atomic E-state index is 11.6. The zero-order chi connectivity index (χ0) is 12.4. The van der Waals surface area contributed by atoms with Crippen molar-refractivity contribution in [3.05, 3.63) is 11.6 Å². The smallest absolute Gasteiger partial charge is 0.244 e. The Bertz CT molecular complexity index is 413. The Morgan fingerprint density at radius 2 is 2.00 bits per heavy atom. The fourth-order valence-electron chi connectivity index (χ4n) is 4.77. The van der Waals surface area contributed by atoms with Crippen LogP contribution in [0.25, 0.3) is 0 Å². The Labute approximate surface area is 104 Å². The van der Waals surface area contributed by atoms with Crippen LogP contribution >= 0.6 is 0 Å². The second-order valence-electron chi connectivity index (χ2n) is 6.91. The summed E-state index contributed by atoms with van der Waals surface area (Å²) in [6.45, 7) is 9.61. The Balaban J connectivity index is 2.06. The third-order valence-electron chi connectivity index (χ3n) is 6.59. The molecule has 3 aliphatic rings. The molecule has 2 nitrogen and oxygen atoms in total. The van der Waals surface area contributed by atoms with Gasteiger partial charge in [-0.3, -0.25) is 4.79 Å². The van der Waals surface area contributed by atoms with Crippen molar-refractivity contribution in [1.29, 1.82) is 0 Å². The monoisotopic (exact) mass is 233 g/mol. The van der Waals surface area contributed by atoms with Crippen LogP contribution in [-0.2, 0) is 4.79 Å². The van der Waals surface area contributed by atoms with Gasteiger partial charge in [-0.2, -0.15) is 0 Å². The summed E-state index contributed by atoms with van der Waals surface area (Å²) in [6.07, 6.45) is 5.64. The van der Waals surface area contributed by atoms with Crippen LogP contribution in [0, 0.1) is 22.7 Å². The molecule has 0 saturated heterocycles. The topological polar surface area (TPSA) is 29.1 Å². The lowest BCUT2D eigenvalue weighted by Crippen LogP contribution is -2.51. The maximum Gasteiger partial charge on any atom is 0.244 e. The molecule has 0 aromatic rings. The zero-order valence-electron chi connectivity index (χ0n) is 11.3. The van der Waals surface area contributed by atoms with Gasteiger partial charge in [0.25, 0.3) is 0 Å². The molecular formula is C15H23NO. The summed E-state index contributed by atoms with van der Waals surface area (Å²) in [6, 6.07) is 0.316. The minimum Gasteiger partial charge on any atom is -0.346 e. The Hall–Kier alpha value is -0.790. The summed E-state index contributed by atoms with van der Waals surface area (Å²) in [5.74, 6) is 1.43. The number of fused-ring (bicyclic) bond motifs is 2. The van der Waals surface area contributed by atoms with Crippen molar-refractivity contribution in [1.82, 2.24) is 5.32 Å². The van der Waals surface area contributed by atoms with Gasteiger partial charge in [0.05, 0.1) is 6.04 Å². The van der Waals surface area contributed by atoms with E-state index in [1.165, 1.54) is 18.4 Å². The van der Waals surface area contributed by atoms with E-state index in [-0.39, 0.29) is 5.91 Å². The van der Waals surface area contributed by atoms with E-state index in [1.54, 1.807) is 0 Å². The van der Waals surface area contributed by atoms with Crippen LogP contribution in [-0.4, -0.2) is 11.9 Å². The van der Waals surface area contributed by atoms with E-state index in [2.05, 4.69) is 33.0 Å². The molecule has 1 amide bonds. The van der Waals surface area contributed by atoms with Gasteiger partial charge in [0.15, 0.2) is 0 Å². The number of hydrogen-bond donors (Lipinski definition) is 1.